The number of phenolic OH excluding ortho intramolecular Hbond substituents is 1. The highest BCUT2D eigenvalue weighted by molar-refractivity contribution is 6.01. The number of benzene rings is 4. The Hall–Kier alpha value is -3.98. The molecule has 0 aliphatic heterocycles. The summed E-state index contributed by atoms with van der Waals surface area (Å²) in [6, 6.07) is 17.5. The number of phenols is 2. The van der Waals surface area contributed by atoms with E-state index in [2.05, 4.69) is 9.78 Å². The summed E-state index contributed by atoms with van der Waals surface area (Å²) in [4.78, 5) is 31.1. The van der Waals surface area contributed by atoms with Gasteiger partial charge in [0.2, 0.25) is 0 Å². The van der Waals surface area contributed by atoms with Gasteiger partial charge in [-0.3, -0.25) is 4.79 Å². The van der Waals surface area contributed by atoms with Crippen LogP contribution in [0.2, 0.25) is 0 Å². The SMILES string of the molecule is CO.COOC.O=Cc1cc2ccccc2c(Cc2c(O)c(C(=O)O)cc3ccccc23)c1O. The Morgan fingerprint density at radius 1 is 0.824 bits per heavy atom. The molecule has 0 aliphatic carbocycles. The molecule has 34 heavy (non-hydrogen) atoms. The van der Waals surface area contributed by atoms with Crippen LogP contribution >= 0.6 is 0 Å². The van der Waals surface area contributed by atoms with E-state index in [-0.39, 0.29) is 29.0 Å². The third-order valence-corrected chi connectivity index (χ3v) is 5.16. The first-order chi connectivity index (χ1) is 16.4. The molecule has 8 heteroatoms. The average molecular weight is 466 g/mol. The summed E-state index contributed by atoms with van der Waals surface area (Å²) in [5, 5.41) is 40.7. The van der Waals surface area contributed by atoms with Crippen molar-refractivity contribution in [3.8, 4) is 11.5 Å². The molecule has 0 aliphatic rings. The Labute approximate surface area is 196 Å². The third-order valence-electron chi connectivity index (χ3n) is 5.16. The number of fused-ring (bicyclic) bond motifs is 2. The van der Waals surface area contributed by atoms with Crippen molar-refractivity contribution in [1.29, 1.82) is 0 Å². The number of carbonyl (C=O) groups is 2. The number of carbonyl (C=O) groups excluding carboxylic acids is 1. The fourth-order valence-corrected chi connectivity index (χ4v) is 3.63. The monoisotopic (exact) mass is 466 g/mol. The maximum Gasteiger partial charge on any atom is 0.339 e. The van der Waals surface area contributed by atoms with Gasteiger partial charge in [-0.25, -0.2) is 14.6 Å². The van der Waals surface area contributed by atoms with Crippen molar-refractivity contribution in [2.45, 2.75) is 6.42 Å². The summed E-state index contributed by atoms with van der Waals surface area (Å²) in [5.41, 5.74) is 0.790. The Kier molecular flexibility index (Phi) is 9.51. The van der Waals surface area contributed by atoms with Crippen LogP contribution in [-0.4, -0.2) is 54.0 Å². The second-order valence-corrected chi connectivity index (χ2v) is 6.92. The molecular weight excluding hydrogens is 440 g/mol. The Balaban J connectivity index is 0.000000618. The van der Waals surface area contributed by atoms with Gasteiger partial charge in [-0.05, 0) is 33.7 Å². The van der Waals surface area contributed by atoms with Crippen molar-refractivity contribution in [2.24, 2.45) is 0 Å². The summed E-state index contributed by atoms with van der Waals surface area (Å²) in [7, 11) is 3.92. The van der Waals surface area contributed by atoms with Crippen molar-refractivity contribution in [3.63, 3.8) is 0 Å². The number of carboxylic acid groups (broad SMARTS) is 1. The molecule has 178 valence electrons. The zero-order valence-electron chi connectivity index (χ0n) is 19.0. The lowest BCUT2D eigenvalue weighted by Gasteiger charge is -2.15. The third kappa shape index (κ3) is 5.49. The minimum Gasteiger partial charge on any atom is -0.507 e. The van der Waals surface area contributed by atoms with Gasteiger partial charge in [-0.15, -0.1) is 0 Å². The Bertz CT molecular complexity index is 1300. The number of rotatable bonds is 5. The summed E-state index contributed by atoms with van der Waals surface area (Å²) in [6.45, 7) is 0. The summed E-state index contributed by atoms with van der Waals surface area (Å²) in [5.74, 6) is -1.75. The zero-order chi connectivity index (χ0) is 25.3. The molecule has 0 saturated carbocycles. The molecule has 4 rings (SSSR count). The topological polar surface area (TPSA) is 134 Å². The van der Waals surface area contributed by atoms with E-state index in [0.29, 0.717) is 28.2 Å². The molecular formula is C26H26O8. The summed E-state index contributed by atoms with van der Waals surface area (Å²) < 4.78 is 0. The van der Waals surface area contributed by atoms with E-state index >= 15 is 0 Å². The predicted octanol–water partition coefficient (Wildman–Crippen LogP) is 4.31. The molecule has 0 spiro atoms. The molecule has 0 unspecified atom stereocenters. The number of aliphatic hydroxyl groups is 1. The van der Waals surface area contributed by atoms with Crippen LogP contribution in [0.1, 0.15) is 31.8 Å². The largest absolute Gasteiger partial charge is 0.507 e. The van der Waals surface area contributed by atoms with Crippen molar-refractivity contribution < 1.29 is 39.8 Å². The van der Waals surface area contributed by atoms with Crippen molar-refractivity contribution in [1.82, 2.24) is 0 Å². The molecule has 4 aromatic carbocycles. The van der Waals surface area contributed by atoms with Gasteiger partial charge in [0.25, 0.3) is 0 Å². The van der Waals surface area contributed by atoms with E-state index in [1.807, 2.05) is 24.3 Å². The fraction of sp³-hybridized carbons (Fsp3) is 0.154. The molecule has 4 aromatic rings. The second kappa shape index (κ2) is 12.3. The first-order valence-corrected chi connectivity index (χ1v) is 10.1. The lowest BCUT2D eigenvalue weighted by atomic mass is 9.90. The van der Waals surface area contributed by atoms with Crippen molar-refractivity contribution in [3.05, 3.63) is 82.9 Å². The smallest absolute Gasteiger partial charge is 0.339 e. The molecule has 0 radical (unpaired) electrons. The highest BCUT2D eigenvalue weighted by Gasteiger charge is 2.20. The minimum absolute atomic E-state index is 0.0709. The maximum absolute atomic E-state index is 11.6. The maximum atomic E-state index is 11.6. The summed E-state index contributed by atoms with van der Waals surface area (Å²) in [6.07, 6.45) is 0.651. The van der Waals surface area contributed by atoms with Crippen LogP contribution in [0.4, 0.5) is 0 Å². The first kappa shape index (κ1) is 26.3. The van der Waals surface area contributed by atoms with Gasteiger partial charge in [0.05, 0.1) is 19.8 Å². The zero-order valence-corrected chi connectivity index (χ0v) is 19.0. The van der Waals surface area contributed by atoms with Gasteiger partial charge in [0.15, 0.2) is 6.29 Å². The van der Waals surface area contributed by atoms with Gasteiger partial charge in [0, 0.05) is 24.7 Å². The van der Waals surface area contributed by atoms with E-state index in [1.54, 1.807) is 30.3 Å². The van der Waals surface area contributed by atoms with Gasteiger partial charge >= 0.3 is 5.97 Å². The van der Waals surface area contributed by atoms with Crippen molar-refractivity contribution >= 4 is 33.8 Å². The van der Waals surface area contributed by atoms with Crippen LogP contribution < -0.4 is 0 Å². The lowest BCUT2D eigenvalue weighted by Crippen LogP contribution is -2.02. The number of hydrogen-bond donors (Lipinski definition) is 4. The van der Waals surface area contributed by atoms with Crippen LogP contribution in [0.3, 0.4) is 0 Å². The molecule has 0 bridgehead atoms. The number of hydrogen-bond acceptors (Lipinski definition) is 7. The first-order valence-electron chi connectivity index (χ1n) is 10.1. The second-order valence-electron chi connectivity index (χ2n) is 6.92. The predicted molar refractivity (Wildman–Crippen MR) is 129 cm³/mol. The van der Waals surface area contributed by atoms with Gasteiger partial charge in [0.1, 0.15) is 17.1 Å². The van der Waals surface area contributed by atoms with Crippen LogP contribution in [0.5, 0.6) is 11.5 Å². The highest BCUT2D eigenvalue weighted by atomic mass is 17.2. The molecule has 0 amide bonds. The number of aromatic carboxylic acids is 1. The highest BCUT2D eigenvalue weighted by Crippen LogP contribution is 2.38. The molecule has 0 fully saturated rings. The van der Waals surface area contributed by atoms with Crippen LogP contribution in [0.15, 0.2) is 60.7 Å². The molecule has 0 heterocycles. The van der Waals surface area contributed by atoms with E-state index in [9.17, 15) is 24.9 Å². The number of aliphatic hydroxyl groups excluding tert-OH is 1. The quantitative estimate of drug-likeness (QED) is 0.194. The van der Waals surface area contributed by atoms with E-state index in [0.717, 1.165) is 17.9 Å². The standard InChI is InChI=1S/C23H16O5.C2H6O2.CH4O/c24-12-15-9-13-5-1-3-7-16(13)18(21(15)25)11-19-17-8-4-2-6-14(17)10-20(22(19)26)23(27)28;1-3-4-2;1-2/h1-10,12,25-26H,11H2,(H,27,28);1-2H3;2H,1H3. The van der Waals surface area contributed by atoms with Crippen LogP contribution in [0, 0.1) is 0 Å². The van der Waals surface area contributed by atoms with E-state index in [4.69, 9.17) is 5.11 Å². The lowest BCUT2D eigenvalue weighted by molar-refractivity contribution is -0.248. The Morgan fingerprint density at radius 2 is 1.29 bits per heavy atom. The van der Waals surface area contributed by atoms with Gasteiger partial charge in [-0.2, -0.15) is 0 Å². The molecule has 0 atom stereocenters. The number of aldehydes is 1. The molecule has 0 saturated heterocycles. The van der Waals surface area contributed by atoms with Crippen molar-refractivity contribution in [2.75, 3.05) is 21.3 Å². The molecule has 0 aromatic heterocycles. The number of aromatic hydroxyl groups is 2. The summed E-state index contributed by atoms with van der Waals surface area (Å²) >= 11 is 0. The average Bonchev–Trinajstić information content (AvgIpc) is 2.87. The van der Waals surface area contributed by atoms with Gasteiger partial charge in [-0.1, -0.05) is 48.5 Å². The van der Waals surface area contributed by atoms with Gasteiger partial charge < -0.3 is 20.4 Å². The van der Waals surface area contributed by atoms with E-state index in [1.165, 1.54) is 20.3 Å². The molecule has 4 N–H and O–H groups in total. The number of carboxylic acids is 1. The normalized spacial score (nSPS) is 10.1. The molecule has 8 nitrogen and oxygen atoms in total. The van der Waals surface area contributed by atoms with E-state index < -0.39 is 5.97 Å². The fourth-order valence-electron chi connectivity index (χ4n) is 3.63. The van der Waals surface area contributed by atoms with Crippen LogP contribution in [-0.2, 0) is 16.2 Å². The minimum atomic E-state index is -1.24. The van der Waals surface area contributed by atoms with Crippen LogP contribution in [0.25, 0.3) is 21.5 Å². The Morgan fingerprint density at radius 3 is 1.76 bits per heavy atom.